The van der Waals surface area contributed by atoms with Crippen molar-refractivity contribution in [3.05, 3.63) is 12.2 Å². The third-order valence-electron chi connectivity index (χ3n) is 4.27. The Hall–Kier alpha value is -0.830. The highest BCUT2D eigenvalue weighted by Gasteiger charge is 1.99. The van der Waals surface area contributed by atoms with Crippen molar-refractivity contribution in [1.82, 2.24) is 10.9 Å². The van der Waals surface area contributed by atoms with E-state index in [0.717, 1.165) is 19.4 Å². The third kappa shape index (κ3) is 19.2. The summed E-state index contributed by atoms with van der Waals surface area (Å²) in [5.41, 5.74) is 5.66. The van der Waals surface area contributed by atoms with E-state index in [9.17, 15) is 4.79 Å². The second-order valence-electron chi connectivity index (χ2n) is 6.81. The highest BCUT2D eigenvalue weighted by molar-refractivity contribution is 5.75. The molecule has 0 rings (SSSR count). The molecule has 0 saturated carbocycles. The fourth-order valence-corrected chi connectivity index (χ4v) is 2.70. The van der Waals surface area contributed by atoms with E-state index in [1.54, 1.807) is 0 Å². The lowest BCUT2D eigenvalue weighted by molar-refractivity contribution is -0.122. The summed E-state index contributed by atoms with van der Waals surface area (Å²) >= 11 is 0. The van der Waals surface area contributed by atoms with E-state index in [-0.39, 0.29) is 5.91 Å². The molecule has 0 atom stereocenters. The van der Waals surface area contributed by atoms with Crippen molar-refractivity contribution >= 4 is 5.91 Å². The van der Waals surface area contributed by atoms with Gasteiger partial charge in [-0.25, -0.2) is 5.43 Å². The molecule has 0 spiro atoms. The van der Waals surface area contributed by atoms with Gasteiger partial charge in [-0.15, -0.1) is 0 Å². The van der Waals surface area contributed by atoms with Gasteiger partial charge in [-0.05, 0) is 38.5 Å². The van der Waals surface area contributed by atoms with Crippen molar-refractivity contribution < 1.29 is 4.79 Å². The highest BCUT2D eigenvalue weighted by Crippen LogP contribution is 2.09. The van der Waals surface area contributed by atoms with E-state index in [1.165, 1.54) is 77.0 Å². The van der Waals surface area contributed by atoms with Crippen LogP contribution in [-0.2, 0) is 4.79 Å². The third-order valence-corrected chi connectivity index (χ3v) is 4.27. The summed E-state index contributed by atoms with van der Waals surface area (Å²) in [5, 5.41) is 0. The molecule has 142 valence electrons. The molecule has 1 amide bonds. The minimum atomic E-state index is 0.126. The first-order valence-electron chi connectivity index (χ1n) is 10.5. The lowest BCUT2D eigenvalue weighted by Gasteiger charge is -2.05. The quantitative estimate of drug-likeness (QED) is 0.181. The van der Waals surface area contributed by atoms with Crippen molar-refractivity contribution in [2.75, 3.05) is 6.54 Å². The molecule has 0 saturated heterocycles. The molecule has 2 N–H and O–H groups in total. The van der Waals surface area contributed by atoms with Crippen molar-refractivity contribution in [2.45, 2.75) is 110 Å². The predicted molar refractivity (Wildman–Crippen MR) is 106 cm³/mol. The van der Waals surface area contributed by atoms with Crippen LogP contribution < -0.4 is 10.9 Å². The van der Waals surface area contributed by atoms with Crippen LogP contribution >= 0.6 is 0 Å². The molecule has 3 nitrogen and oxygen atoms in total. The van der Waals surface area contributed by atoms with Gasteiger partial charge < -0.3 is 0 Å². The number of nitrogens with one attached hydrogen (secondary N) is 2. The van der Waals surface area contributed by atoms with E-state index in [4.69, 9.17) is 0 Å². The van der Waals surface area contributed by atoms with Crippen LogP contribution in [-0.4, -0.2) is 12.5 Å². The van der Waals surface area contributed by atoms with Gasteiger partial charge in [0, 0.05) is 13.0 Å². The molecule has 0 aliphatic rings. The minimum absolute atomic E-state index is 0.126. The predicted octanol–water partition coefficient (Wildman–Crippen LogP) is 6.05. The number of amides is 1. The molecule has 0 aromatic carbocycles. The summed E-state index contributed by atoms with van der Waals surface area (Å²) < 4.78 is 0. The first-order chi connectivity index (χ1) is 11.8. The molecule has 3 heteroatoms. The van der Waals surface area contributed by atoms with Gasteiger partial charge >= 0.3 is 0 Å². The summed E-state index contributed by atoms with van der Waals surface area (Å²) in [5.74, 6) is 0.126. The molecule has 24 heavy (non-hydrogen) atoms. The molecule has 0 radical (unpaired) electrons. The minimum Gasteiger partial charge on any atom is -0.292 e. The van der Waals surface area contributed by atoms with Gasteiger partial charge in [0.1, 0.15) is 0 Å². The lowest BCUT2D eigenvalue weighted by Crippen LogP contribution is -2.37. The fourth-order valence-electron chi connectivity index (χ4n) is 2.70. The Kier molecular flexibility index (Phi) is 19.5. The molecule has 0 aromatic heterocycles. The van der Waals surface area contributed by atoms with E-state index in [0.29, 0.717) is 6.42 Å². The summed E-state index contributed by atoms with van der Waals surface area (Å²) in [6.07, 6.45) is 23.2. The number of rotatable bonds is 18. The molecule has 0 heterocycles. The average Bonchev–Trinajstić information content (AvgIpc) is 2.58. The maximum Gasteiger partial charge on any atom is 0.234 e. The zero-order valence-electron chi connectivity index (χ0n) is 16.4. The molecular weight excluding hydrogens is 296 g/mol. The SMILES string of the molecule is CCCCCCCC/C=C\CCCCCCCC(=O)NNCCC. The van der Waals surface area contributed by atoms with Crippen LogP contribution in [0, 0.1) is 0 Å². The van der Waals surface area contributed by atoms with E-state index in [1.807, 2.05) is 0 Å². The molecule has 0 unspecified atom stereocenters. The van der Waals surface area contributed by atoms with Crippen LogP contribution in [0.2, 0.25) is 0 Å². The normalized spacial score (nSPS) is 11.2. The summed E-state index contributed by atoms with van der Waals surface area (Å²) in [6, 6.07) is 0. The fraction of sp³-hybridized carbons (Fsp3) is 0.857. The Labute approximate surface area is 151 Å². The number of hydrogen-bond acceptors (Lipinski definition) is 2. The van der Waals surface area contributed by atoms with E-state index >= 15 is 0 Å². The van der Waals surface area contributed by atoms with E-state index in [2.05, 4.69) is 36.9 Å². The van der Waals surface area contributed by atoms with Crippen LogP contribution in [0.1, 0.15) is 110 Å². The van der Waals surface area contributed by atoms with Gasteiger partial charge in [0.15, 0.2) is 0 Å². The van der Waals surface area contributed by atoms with Crippen LogP contribution in [0.4, 0.5) is 0 Å². The largest absolute Gasteiger partial charge is 0.292 e. The van der Waals surface area contributed by atoms with Crippen LogP contribution in [0.3, 0.4) is 0 Å². The maximum atomic E-state index is 11.5. The Morgan fingerprint density at radius 1 is 0.708 bits per heavy atom. The van der Waals surface area contributed by atoms with Crippen molar-refractivity contribution in [2.24, 2.45) is 0 Å². The van der Waals surface area contributed by atoms with Gasteiger partial charge in [0.25, 0.3) is 0 Å². The number of hydrogen-bond donors (Lipinski definition) is 2. The molecule has 0 aliphatic heterocycles. The number of allylic oxidation sites excluding steroid dienone is 2. The molecule has 0 bridgehead atoms. The Morgan fingerprint density at radius 2 is 1.25 bits per heavy atom. The van der Waals surface area contributed by atoms with Gasteiger partial charge in [-0.3, -0.25) is 10.2 Å². The molecule has 0 fully saturated rings. The van der Waals surface area contributed by atoms with Gasteiger partial charge in [0.2, 0.25) is 5.91 Å². The second kappa shape index (κ2) is 20.2. The molecular formula is C21H42N2O. The lowest BCUT2D eigenvalue weighted by atomic mass is 10.1. The topological polar surface area (TPSA) is 41.1 Å². The Bertz CT molecular complexity index is 290. The zero-order chi connectivity index (χ0) is 17.7. The number of hydrazine groups is 1. The average molecular weight is 339 g/mol. The van der Waals surface area contributed by atoms with E-state index < -0.39 is 0 Å². The van der Waals surface area contributed by atoms with Crippen LogP contribution in [0.15, 0.2) is 12.2 Å². The van der Waals surface area contributed by atoms with Crippen LogP contribution in [0.5, 0.6) is 0 Å². The summed E-state index contributed by atoms with van der Waals surface area (Å²) in [7, 11) is 0. The highest BCUT2D eigenvalue weighted by atomic mass is 16.2. The summed E-state index contributed by atoms with van der Waals surface area (Å²) in [6.45, 7) is 5.20. The van der Waals surface area contributed by atoms with Crippen LogP contribution in [0.25, 0.3) is 0 Å². The smallest absolute Gasteiger partial charge is 0.234 e. The van der Waals surface area contributed by atoms with Crippen molar-refractivity contribution in [1.29, 1.82) is 0 Å². The zero-order valence-corrected chi connectivity index (χ0v) is 16.4. The number of unbranched alkanes of at least 4 members (excludes halogenated alkanes) is 11. The first-order valence-corrected chi connectivity index (χ1v) is 10.5. The van der Waals surface area contributed by atoms with Gasteiger partial charge in [-0.1, -0.05) is 77.4 Å². The molecule has 0 aromatic rings. The first kappa shape index (κ1) is 23.2. The standard InChI is InChI=1S/C21H42N2O/c1-3-5-6-7-8-9-10-11-12-13-14-15-16-17-18-19-21(24)23-22-20-4-2/h11-12,22H,3-10,13-20H2,1-2H3,(H,23,24)/b12-11-. The van der Waals surface area contributed by atoms with Gasteiger partial charge in [0.05, 0.1) is 0 Å². The Morgan fingerprint density at radius 3 is 1.83 bits per heavy atom. The number of carbonyl (C=O) groups excluding carboxylic acids is 1. The number of carbonyl (C=O) groups is 1. The van der Waals surface area contributed by atoms with Crippen molar-refractivity contribution in [3.8, 4) is 0 Å². The molecule has 0 aliphatic carbocycles. The monoisotopic (exact) mass is 338 g/mol. The van der Waals surface area contributed by atoms with Crippen molar-refractivity contribution in [3.63, 3.8) is 0 Å². The second-order valence-corrected chi connectivity index (χ2v) is 6.81. The van der Waals surface area contributed by atoms with Gasteiger partial charge in [-0.2, -0.15) is 0 Å². The summed E-state index contributed by atoms with van der Waals surface area (Å²) in [4.78, 5) is 11.5. The Balaban J connectivity index is 3.16. The maximum absolute atomic E-state index is 11.5.